The van der Waals surface area contributed by atoms with Crippen molar-refractivity contribution >= 4 is 11.7 Å². The Kier molecular flexibility index (Phi) is 3.75. The van der Waals surface area contributed by atoms with Crippen LogP contribution in [-0.2, 0) is 9.53 Å². The highest BCUT2D eigenvalue weighted by molar-refractivity contribution is 5.84. The molecule has 2 unspecified atom stereocenters. The van der Waals surface area contributed by atoms with Crippen LogP contribution in [0.3, 0.4) is 0 Å². The Hall–Kier alpha value is -2.49. The van der Waals surface area contributed by atoms with Crippen LogP contribution in [0.2, 0.25) is 0 Å². The summed E-state index contributed by atoms with van der Waals surface area (Å²) in [7, 11) is 3.07. The molecule has 0 spiro atoms. The number of ether oxygens (including phenoxy) is 2. The van der Waals surface area contributed by atoms with Crippen molar-refractivity contribution in [2.75, 3.05) is 19.1 Å². The van der Waals surface area contributed by atoms with E-state index in [0.717, 1.165) is 22.6 Å². The maximum Gasteiger partial charge on any atom is 0.333 e. The van der Waals surface area contributed by atoms with E-state index in [1.807, 2.05) is 42.5 Å². The van der Waals surface area contributed by atoms with E-state index in [0.29, 0.717) is 0 Å². The molecule has 0 aliphatic carbocycles. The van der Waals surface area contributed by atoms with E-state index in [-0.39, 0.29) is 12.0 Å². The molecule has 22 heavy (non-hydrogen) atoms. The molecule has 0 N–H and O–H groups in total. The Morgan fingerprint density at radius 3 is 2.23 bits per heavy atom. The van der Waals surface area contributed by atoms with Gasteiger partial charge in [0.2, 0.25) is 0 Å². The molecule has 0 saturated heterocycles. The number of benzene rings is 2. The summed E-state index contributed by atoms with van der Waals surface area (Å²) in [4.78, 5) is 14.4. The van der Waals surface area contributed by atoms with E-state index in [9.17, 15) is 4.79 Å². The standard InChI is InChI=1S/C18H19NO3/c1-12-15-6-4-5-7-16(15)17(18(20)22-3)19(12)13-8-10-14(21-2)11-9-13/h4-12,17H,1-3H3. The third-order valence-electron chi connectivity index (χ3n) is 4.23. The molecular formula is C18H19NO3. The van der Waals surface area contributed by atoms with Crippen molar-refractivity contribution in [2.45, 2.75) is 19.0 Å². The zero-order valence-corrected chi connectivity index (χ0v) is 12.9. The summed E-state index contributed by atoms with van der Waals surface area (Å²) in [6.45, 7) is 2.10. The molecule has 2 aromatic carbocycles. The maximum absolute atomic E-state index is 12.3. The number of hydrogen-bond donors (Lipinski definition) is 0. The van der Waals surface area contributed by atoms with Gasteiger partial charge >= 0.3 is 5.97 Å². The lowest BCUT2D eigenvalue weighted by atomic mass is 10.0. The smallest absolute Gasteiger partial charge is 0.333 e. The molecule has 2 aromatic rings. The Labute approximate surface area is 130 Å². The van der Waals surface area contributed by atoms with Crippen molar-refractivity contribution in [3.63, 3.8) is 0 Å². The third kappa shape index (κ3) is 2.21. The van der Waals surface area contributed by atoms with Crippen molar-refractivity contribution in [2.24, 2.45) is 0 Å². The second-order valence-corrected chi connectivity index (χ2v) is 5.34. The summed E-state index contributed by atoms with van der Waals surface area (Å²) >= 11 is 0. The van der Waals surface area contributed by atoms with Crippen LogP contribution in [0.4, 0.5) is 5.69 Å². The monoisotopic (exact) mass is 297 g/mol. The van der Waals surface area contributed by atoms with Crippen molar-refractivity contribution < 1.29 is 14.3 Å². The minimum absolute atomic E-state index is 0.105. The summed E-state index contributed by atoms with van der Waals surface area (Å²) in [5.41, 5.74) is 3.14. The van der Waals surface area contributed by atoms with E-state index in [2.05, 4.69) is 17.9 Å². The summed E-state index contributed by atoms with van der Waals surface area (Å²) in [6, 6.07) is 15.5. The predicted molar refractivity (Wildman–Crippen MR) is 85.1 cm³/mol. The van der Waals surface area contributed by atoms with Crippen LogP contribution in [0.1, 0.15) is 30.1 Å². The fraction of sp³-hybridized carbons (Fsp3) is 0.278. The van der Waals surface area contributed by atoms with Crippen molar-refractivity contribution in [3.05, 3.63) is 59.7 Å². The lowest BCUT2D eigenvalue weighted by molar-refractivity contribution is -0.142. The minimum atomic E-state index is -0.412. The Morgan fingerprint density at radius 2 is 1.64 bits per heavy atom. The second kappa shape index (κ2) is 5.72. The van der Waals surface area contributed by atoms with Crippen LogP contribution in [0.5, 0.6) is 5.75 Å². The number of anilines is 1. The predicted octanol–water partition coefficient (Wildman–Crippen LogP) is 3.49. The fourth-order valence-electron chi connectivity index (χ4n) is 3.14. The van der Waals surface area contributed by atoms with Gasteiger partial charge in [-0.05, 0) is 42.3 Å². The minimum Gasteiger partial charge on any atom is -0.497 e. The third-order valence-corrected chi connectivity index (χ3v) is 4.23. The van der Waals surface area contributed by atoms with Gasteiger partial charge in [0.1, 0.15) is 5.75 Å². The van der Waals surface area contributed by atoms with Crippen LogP contribution < -0.4 is 9.64 Å². The first-order valence-electron chi connectivity index (χ1n) is 7.26. The number of hydrogen-bond acceptors (Lipinski definition) is 4. The van der Waals surface area contributed by atoms with Gasteiger partial charge in [0.15, 0.2) is 6.04 Å². The molecule has 0 radical (unpaired) electrons. The number of nitrogens with zero attached hydrogens (tertiary/aromatic N) is 1. The molecule has 0 amide bonds. The van der Waals surface area contributed by atoms with Gasteiger partial charge in [0, 0.05) is 5.69 Å². The van der Waals surface area contributed by atoms with Gasteiger partial charge in [-0.15, -0.1) is 0 Å². The molecule has 4 heteroatoms. The largest absolute Gasteiger partial charge is 0.497 e. The molecule has 0 saturated carbocycles. The number of methoxy groups -OCH3 is 2. The highest BCUT2D eigenvalue weighted by atomic mass is 16.5. The van der Waals surface area contributed by atoms with E-state index < -0.39 is 6.04 Å². The first kappa shape index (κ1) is 14.4. The molecule has 3 rings (SSSR count). The zero-order valence-electron chi connectivity index (χ0n) is 12.9. The van der Waals surface area contributed by atoms with Gasteiger partial charge < -0.3 is 14.4 Å². The molecule has 114 valence electrons. The van der Waals surface area contributed by atoms with Crippen molar-refractivity contribution in [3.8, 4) is 5.75 Å². The number of rotatable bonds is 3. The lowest BCUT2D eigenvalue weighted by Gasteiger charge is -2.29. The first-order chi connectivity index (χ1) is 10.7. The average Bonchev–Trinajstić information content (AvgIpc) is 2.87. The molecule has 0 fully saturated rings. The number of carbonyl (C=O) groups is 1. The molecule has 2 atom stereocenters. The van der Waals surface area contributed by atoms with Crippen LogP contribution in [-0.4, -0.2) is 20.2 Å². The molecule has 1 aliphatic rings. The number of fused-ring (bicyclic) bond motifs is 1. The summed E-state index contributed by atoms with van der Waals surface area (Å²) in [6.07, 6.45) is 0. The fourth-order valence-corrected chi connectivity index (χ4v) is 3.14. The van der Waals surface area contributed by atoms with Crippen LogP contribution in [0, 0.1) is 0 Å². The topological polar surface area (TPSA) is 38.8 Å². The molecule has 4 nitrogen and oxygen atoms in total. The van der Waals surface area contributed by atoms with E-state index in [4.69, 9.17) is 9.47 Å². The quantitative estimate of drug-likeness (QED) is 0.813. The van der Waals surface area contributed by atoms with E-state index in [1.165, 1.54) is 7.11 Å². The SMILES string of the molecule is COC(=O)C1c2ccccc2C(C)N1c1ccc(OC)cc1. The van der Waals surface area contributed by atoms with Crippen LogP contribution in [0.15, 0.2) is 48.5 Å². The highest BCUT2D eigenvalue weighted by Gasteiger charge is 2.40. The molecule has 0 bridgehead atoms. The van der Waals surface area contributed by atoms with Gasteiger partial charge in [-0.25, -0.2) is 4.79 Å². The van der Waals surface area contributed by atoms with Gasteiger partial charge in [0.05, 0.1) is 20.3 Å². The van der Waals surface area contributed by atoms with Gasteiger partial charge in [0.25, 0.3) is 0 Å². The van der Waals surface area contributed by atoms with Crippen LogP contribution >= 0.6 is 0 Å². The Balaban J connectivity index is 2.07. The van der Waals surface area contributed by atoms with Crippen molar-refractivity contribution in [1.29, 1.82) is 0 Å². The normalized spacial score (nSPS) is 19.7. The molecule has 1 heterocycles. The van der Waals surface area contributed by atoms with E-state index in [1.54, 1.807) is 7.11 Å². The Morgan fingerprint density at radius 1 is 1.00 bits per heavy atom. The number of carbonyl (C=O) groups excluding carboxylic acids is 1. The maximum atomic E-state index is 12.3. The first-order valence-corrected chi connectivity index (χ1v) is 7.26. The van der Waals surface area contributed by atoms with Crippen molar-refractivity contribution in [1.82, 2.24) is 0 Å². The van der Waals surface area contributed by atoms with Gasteiger partial charge in [-0.1, -0.05) is 24.3 Å². The number of esters is 1. The molecule has 0 aromatic heterocycles. The summed E-state index contributed by atoms with van der Waals surface area (Å²) in [5.74, 6) is 0.551. The molecule has 1 aliphatic heterocycles. The average molecular weight is 297 g/mol. The summed E-state index contributed by atoms with van der Waals surface area (Å²) in [5, 5.41) is 0. The second-order valence-electron chi connectivity index (χ2n) is 5.34. The molecular weight excluding hydrogens is 278 g/mol. The van der Waals surface area contributed by atoms with Gasteiger partial charge in [-0.2, -0.15) is 0 Å². The zero-order chi connectivity index (χ0) is 15.7. The summed E-state index contributed by atoms with van der Waals surface area (Å²) < 4.78 is 10.2. The van der Waals surface area contributed by atoms with Crippen LogP contribution in [0.25, 0.3) is 0 Å². The van der Waals surface area contributed by atoms with Gasteiger partial charge in [-0.3, -0.25) is 0 Å². The highest BCUT2D eigenvalue weighted by Crippen LogP contribution is 2.45. The van der Waals surface area contributed by atoms with E-state index >= 15 is 0 Å². The Bertz CT molecular complexity index is 681. The lowest BCUT2D eigenvalue weighted by Crippen LogP contribution is -2.30.